The molecule has 64 heavy (non-hydrogen) atoms. The summed E-state index contributed by atoms with van der Waals surface area (Å²) in [6.07, 6.45) is 0. The Kier molecular flexibility index (Phi) is 12.0. The highest BCUT2D eigenvalue weighted by Crippen LogP contribution is 2.47. The van der Waals surface area contributed by atoms with E-state index in [0.717, 1.165) is 50.0 Å². The first kappa shape index (κ1) is 44.6. The lowest BCUT2D eigenvalue weighted by atomic mass is 9.84. The molecule has 9 nitrogen and oxygen atoms in total. The fourth-order valence-corrected chi connectivity index (χ4v) is 10.3. The maximum absolute atomic E-state index is 15.1. The summed E-state index contributed by atoms with van der Waals surface area (Å²) in [7, 11) is 0. The normalized spacial score (nSPS) is 13.8. The summed E-state index contributed by atoms with van der Waals surface area (Å²) in [4.78, 5) is 87.8. The zero-order valence-electron chi connectivity index (χ0n) is 36.9. The number of imide groups is 2. The first-order valence-corrected chi connectivity index (χ1v) is 23.5. The van der Waals surface area contributed by atoms with Gasteiger partial charge in [0.2, 0.25) is 0 Å². The number of hydrogen-bond donors (Lipinski definition) is 1. The number of anilines is 3. The quantitative estimate of drug-likeness (QED) is 0.105. The van der Waals surface area contributed by atoms with Gasteiger partial charge in [-0.05, 0) is 93.7 Å². The maximum Gasteiger partial charge on any atom is 0.268 e. The molecule has 0 unspecified atom stereocenters. The molecule has 0 atom stereocenters. The molecule has 1 N–H and O–H groups in total. The number of nitrogens with one attached hydrogen (secondary N) is 1. The number of carbonyl (C=O) groups excluding carboxylic acids is 6. The molecule has 0 saturated carbocycles. The summed E-state index contributed by atoms with van der Waals surface area (Å²) in [6, 6.07) is 33.2. The fraction of sp³-hybridized carbons (Fsp3) is 0.231. The topological polar surface area (TPSA) is 121 Å². The third kappa shape index (κ3) is 8.66. The van der Waals surface area contributed by atoms with Crippen LogP contribution in [0.2, 0.25) is 0 Å². The Morgan fingerprint density at radius 1 is 0.531 bits per heavy atom. The van der Waals surface area contributed by atoms with E-state index in [2.05, 4.69) is 83.3 Å². The van der Waals surface area contributed by atoms with Gasteiger partial charge in [0.1, 0.15) is 0 Å². The van der Waals surface area contributed by atoms with E-state index >= 15 is 9.59 Å². The van der Waals surface area contributed by atoms with Crippen molar-refractivity contribution in [3.8, 4) is 0 Å². The van der Waals surface area contributed by atoms with Crippen LogP contribution in [0.5, 0.6) is 0 Å². The van der Waals surface area contributed by atoms with Gasteiger partial charge in [-0.25, -0.2) is 9.80 Å². The van der Waals surface area contributed by atoms with Crippen LogP contribution in [-0.4, -0.2) is 33.9 Å². The van der Waals surface area contributed by atoms with E-state index < -0.39 is 23.6 Å². The molecule has 12 heteroatoms. The number of amides is 4. The smallest absolute Gasteiger partial charge is 0.268 e. The number of benzene rings is 6. The maximum atomic E-state index is 15.1. The molecule has 0 radical (unpaired) electrons. The Balaban J connectivity index is 1.32. The standard InChI is InChI=1S/C52H47N3O6S3/c1-29(56)63-37-21-17-35(18-22-37)54-48(59)40-26-42(62-28-32-11-15-34(16-12-32)52(6,7)8)46-44-39(47(58)55(50(46)61)36-19-23-38(24-20-36)64-30(2)57)25-41(45(43(40)44)49(54)60)53-27-31-9-13-33(14-10-31)51(3,4)5/h9-26,53H,27-28H2,1-8H3. The minimum absolute atomic E-state index is 0.0445. The van der Waals surface area contributed by atoms with Crippen LogP contribution in [0.1, 0.15) is 119 Å². The van der Waals surface area contributed by atoms with Gasteiger partial charge in [-0.2, -0.15) is 0 Å². The zero-order valence-corrected chi connectivity index (χ0v) is 39.3. The van der Waals surface area contributed by atoms with E-state index in [9.17, 15) is 19.2 Å². The third-order valence-corrected chi connectivity index (χ3v) is 14.0. The van der Waals surface area contributed by atoms with E-state index in [1.54, 1.807) is 60.7 Å². The molecule has 2 aliphatic heterocycles. The van der Waals surface area contributed by atoms with Gasteiger partial charge >= 0.3 is 0 Å². The van der Waals surface area contributed by atoms with Gasteiger partial charge in [0.15, 0.2) is 10.2 Å². The van der Waals surface area contributed by atoms with E-state index in [1.165, 1.54) is 31.2 Å². The van der Waals surface area contributed by atoms with Gasteiger partial charge in [-0.15, -0.1) is 11.8 Å². The average Bonchev–Trinajstić information content (AvgIpc) is 3.23. The summed E-state index contributed by atoms with van der Waals surface area (Å²) < 4.78 is 0. The van der Waals surface area contributed by atoms with E-state index in [-0.39, 0.29) is 60.6 Å². The molecular formula is C52H47N3O6S3. The molecular weight excluding hydrogens is 859 g/mol. The van der Waals surface area contributed by atoms with Crippen molar-refractivity contribution in [3.05, 3.63) is 154 Å². The van der Waals surface area contributed by atoms with Gasteiger partial charge in [0.05, 0.1) is 33.6 Å². The molecule has 0 spiro atoms. The van der Waals surface area contributed by atoms with E-state index in [1.807, 2.05) is 12.1 Å². The molecule has 0 aliphatic carbocycles. The van der Waals surface area contributed by atoms with Gasteiger partial charge in [-0.1, -0.05) is 114 Å². The molecule has 324 valence electrons. The van der Waals surface area contributed by atoms with Crippen LogP contribution < -0.4 is 15.1 Å². The van der Waals surface area contributed by atoms with Crippen molar-refractivity contribution in [2.45, 2.75) is 93.2 Å². The number of thioether (sulfide) groups is 3. The van der Waals surface area contributed by atoms with Crippen molar-refractivity contribution in [2.75, 3.05) is 15.1 Å². The molecule has 0 saturated heterocycles. The van der Waals surface area contributed by atoms with Gasteiger partial charge in [-0.3, -0.25) is 28.8 Å². The van der Waals surface area contributed by atoms with Crippen LogP contribution in [0.15, 0.2) is 124 Å². The minimum Gasteiger partial charge on any atom is -0.380 e. The predicted octanol–water partition coefficient (Wildman–Crippen LogP) is 12.2. The van der Waals surface area contributed by atoms with Crippen LogP contribution in [-0.2, 0) is 32.7 Å². The lowest BCUT2D eigenvalue weighted by Gasteiger charge is -2.34. The van der Waals surface area contributed by atoms with E-state index in [4.69, 9.17) is 0 Å². The second-order valence-electron chi connectivity index (χ2n) is 18.0. The predicted molar refractivity (Wildman–Crippen MR) is 259 cm³/mol. The average molecular weight is 906 g/mol. The van der Waals surface area contributed by atoms with Gasteiger partial charge in [0, 0.05) is 57.3 Å². The van der Waals surface area contributed by atoms with Crippen LogP contribution in [0.3, 0.4) is 0 Å². The summed E-state index contributed by atoms with van der Waals surface area (Å²) in [6.45, 7) is 16.1. The van der Waals surface area contributed by atoms with Gasteiger partial charge < -0.3 is 5.32 Å². The highest BCUT2D eigenvalue weighted by atomic mass is 32.2. The van der Waals surface area contributed by atoms with Gasteiger partial charge in [0.25, 0.3) is 23.6 Å². The highest BCUT2D eigenvalue weighted by Gasteiger charge is 2.44. The number of rotatable bonds is 10. The van der Waals surface area contributed by atoms with Crippen LogP contribution in [0, 0.1) is 0 Å². The molecule has 4 amide bonds. The first-order valence-electron chi connectivity index (χ1n) is 20.9. The zero-order chi connectivity index (χ0) is 45.8. The monoisotopic (exact) mass is 905 g/mol. The van der Waals surface area contributed by atoms with Crippen molar-refractivity contribution in [2.24, 2.45) is 0 Å². The highest BCUT2D eigenvalue weighted by molar-refractivity contribution is 8.13. The molecule has 0 aromatic heterocycles. The lowest BCUT2D eigenvalue weighted by Crippen LogP contribution is -2.44. The molecule has 6 aromatic rings. The minimum atomic E-state index is -0.618. The molecule has 0 bridgehead atoms. The van der Waals surface area contributed by atoms with Crippen molar-refractivity contribution < 1.29 is 28.8 Å². The number of hydrogen-bond acceptors (Lipinski definition) is 10. The van der Waals surface area contributed by atoms with Crippen LogP contribution in [0.4, 0.5) is 17.1 Å². The first-order chi connectivity index (χ1) is 30.3. The molecule has 2 aliphatic rings. The van der Waals surface area contributed by atoms with Crippen molar-refractivity contribution in [1.29, 1.82) is 0 Å². The number of carbonyl (C=O) groups is 6. The SMILES string of the molecule is CC(=O)Sc1ccc(N2C(=O)c3cc(SCc4ccc(C(C)(C)C)cc4)c4c5c(cc(NCc6ccc(C(C)(C)C)cc6)c(c35)C2=O)C(=O)N(c2ccc(SC(C)=O)cc2)C4=O)cc1. The summed E-state index contributed by atoms with van der Waals surface area (Å²) in [5.41, 5.74) is 5.85. The molecule has 6 aromatic carbocycles. The van der Waals surface area contributed by atoms with Crippen molar-refractivity contribution in [3.63, 3.8) is 0 Å². The third-order valence-electron chi connectivity index (χ3n) is 11.3. The summed E-state index contributed by atoms with van der Waals surface area (Å²) in [5.74, 6) is -1.97. The van der Waals surface area contributed by atoms with Crippen LogP contribution in [0.25, 0.3) is 10.8 Å². The Bertz CT molecular complexity index is 2710. The molecule has 8 rings (SSSR count). The molecule has 0 fully saturated rings. The summed E-state index contributed by atoms with van der Waals surface area (Å²) >= 11 is 3.48. The Morgan fingerprint density at radius 3 is 1.41 bits per heavy atom. The fourth-order valence-electron chi connectivity index (χ4n) is 7.99. The molecule has 2 heterocycles. The second kappa shape index (κ2) is 17.2. The largest absolute Gasteiger partial charge is 0.380 e. The van der Waals surface area contributed by atoms with Crippen molar-refractivity contribution >= 4 is 97.0 Å². The van der Waals surface area contributed by atoms with E-state index in [0.29, 0.717) is 37.5 Å². The lowest BCUT2D eigenvalue weighted by molar-refractivity contribution is -0.109. The number of nitrogens with zero attached hydrogens (tertiary/aromatic N) is 2. The summed E-state index contributed by atoms with van der Waals surface area (Å²) in [5, 5.41) is 3.74. The Labute approximate surface area is 385 Å². The van der Waals surface area contributed by atoms with Crippen LogP contribution >= 0.6 is 35.3 Å². The Morgan fingerprint density at radius 2 is 0.953 bits per heavy atom. The Hall–Kier alpha value is -5.95. The van der Waals surface area contributed by atoms with Crippen molar-refractivity contribution in [1.82, 2.24) is 0 Å². The second-order valence-corrected chi connectivity index (χ2v) is 21.5.